The van der Waals surface area contributed by atoms with Gasteiger partial charge in [-0.05, 0) is 50.0 Å². The van der Waals surface area contributed by atoms with E-state index in [4.69, 9.17) is 4.74 Å². The van der Waals surface area contributed by atoms with Gasteiger partial charge in [0.1, 0.15) is 18.1 Å². The number of amides is 3. The molecule has 0 bridgehead atoms. The molecule has 1 saturated carbocycles. The summed E-state index contributed by atoms with van der Waals surface area (Å²) in [4.78, 5) is 44.8. The number of carbonyl (C=O) groups excluding carboxylic acids is 3. The van der Waals surface area contributed by atoms with Crippen LogP contribution in [0.2, 0.25) is 0 Å². The predicted octanol–water partition coefficient (Wildman–Crippen LogP) is 3.95. The summed E-state index contributed by atoms with van der Waals surface area (Å²) in [7, 11) is 1.21. The minimum Gasteiger partial charge on any atom is -0.379 e. The molecule has 0 radical (unpaired) electrons. The number of alkyl halides is 3. The predicted molar refractivity (Wildman–Crippen MR) is 158 cm³/mol. The molecule has 2 aliphatic rings. The number of aryl methyl sites for hydroxylation is 1. The molecule has 1 aliphatic heterocycles. The van der Waals surface area contributed by atoms with Crippen molar-refractivity contribution in [2.75, 3.05) is 13.7 Å². The van der Waals surface area contributed by atoms with Crippen LogP contribution < -0.4 is 10.6 Å². The number of hydrogen-bond donors (Lipinski definition) is 2. The molecule has 9 nitrogen and oxygen atoms in total. The van der Waals surface area contributed by atoms with E-state index in [9.17, 15) is 32.8 Å². The topological polar surface area (TPSA) is 124 Å². The van der Waals surface area contributed by atoms with Gasteiger partial charge in [0, 0.05) is 47.8 Å². The average Bonchev–Trinajstić information content (AvgIpc) is 3.32. The fourth-order valence-electron chi connectivity index (χ4n) is 6.66. The third-order valence-electron chi connectivity index (χ3n) is 9.58. The van der Waals surface area contributed by atoms with E-state index in [1.807, 2.05) is 26.2 Å². The molecule has 1 unspecified atom stereocenters. The van der Waals surface area contributed by atoms with Crippen molar-refractivity contribution in [3.8, 4) is 17.9 Å². The summed E-state index contributed by atoms with van der Waals surface area (Å²) in [5.74, 6) is 2.24. The van der Waals surface area contributed by atoms with Crippen LogP contribution in [0.15, 0.2) is 17.8 Å². The first-order valence-corrected chi connectivity index (χ1v) is 15.2. The van der Waals surface area contributed by atoms with E-state index in [2.05, 4.69) is 28.2 Å². The van der Waals surface area contributed by atoms with Crippen LogP contribution in [-0.2, 0) is 25.5 Å². The Bertz CT molecular complexity index is 1560. The van der Waals surface area contributed by atoms with Crippen LogP contribution in [0.1, 0.15) is 58.6 Å². The van der Waals surface area contributed by atoms with Crippen LogP contribution in [0.4, 0.5) is 13.2 Å². The quantitative estimate of drug-likeness (QED) is 0.383. The highest BCUT2D eigenvalue weighted by Crippen LogP contribution is 2.74. The molecule has 1 saturated heterocycles. The maximum absolute atomic E-state index is 13.8. The fraction of sp³-hybridized carbons (Fsp3) is 0.581. The Hall–Kier alpha value is -3.68. The highest BCUT2D eigenvalue weighted by molar-refractivity contribution is 7.17. The number of nitrogens with zero attached hydrogens (tertiary/aromatic N) is 3. The van der Waals surface area contributed by atoms with Crippen LogP contribution in [0.5, 0.6) is 0 Å². The van der Waals surface area contributed by atoms with E-state index in [0.29, 0.717) is 19.3 Å². The van der Waals surface area contributed by atoms with E-state index < -0.39 is 53.5 Å². The van der Waals surface area contributed by atoms with Crippen molar-refractivity contribution in [3.63, 3.8) is 0 Å². The normalized spacial score (nSPS) is 23.9. The lowest BCUT2D eigenvalue weighted by Gasteiger charge is -2.37. The second-order valence-corrected chi connectivity index (χ2v) is 13.0. The molecule has 2 aromatic heterocycles. The Kier molecular flexibility index (Phi) is 9.34. The first-order chi connectivity index (χ1) is 20.6. The van der Waals surface area contributed by atoms with Gasteiger partial charge in [-0.3, -0.25) is 19.4 Å². The monoisotopic (exact) mass is 631 g/mol. The Labute approximate surface area is 258 Å². The molecule has 2 fully saturated rings. The van der Waals surface area contributed by atoms with Crippen molar-refractivity contribution in [3.05, 3.63) is 28.9 Å². The molecular formula is C31H36F3N5O4S. The number of rotatable bonds is 10. The number of ether oxygens (including phenoxy) is 1. The third kappa shape index (κ3) is 5.87. The van der Waals surface area contributed by atoms with Gasteiger partial charge in [0.05, 0.1) is 16.9 Å². The number of piperidine rings is 1. The number of hydrogen-bond acceptors (Lipinski definition) is 7. The van der Waals surface area contributed by atoms with Crippen molar-refractivity contribution < 1.29 is 32.3 Å². The zero-order chi connectivity index (χ0) is 32.6. The fourth-order valence-corrected chi connectivity index (χ4v) is 7.57. The van der Waals surface area contributed by atoms with Crippen LogP contribution in [0, 0.1) is 39.9 Å². The van der Waals surface area contributed by atoms with Crippen LogP contribution in [-0.4, -0.2) is 71.7 Å². The largest absolute Gasteiger partial charge is 0.471 e. The number of carbonyl (C=O) groups is 3. The summed E-state index contributed by atoms with van der Waals surface area (Å²) < 4.78 is 45.4. The van der Waals surface area contributed by atoms with Gasteiger partial charge in [-0.25, -0.2) is 0 Å². The standard InChI is InChI=1S/C31H36F3N5O4S/c1-7-9-19-16-44-21-14-36-13-18(23(19)21)10-8-11-20(12-35)37-26(40)25-30(5)22(29(30,3)4)15-39(25)27(41)24(17(2)43-6)38-28(42)31(32,33)34/h13-14,16-17,20,22,24-25H,8,10-11,15H2,1-6H3,(H,37,40)(H,38,42)/t17-,20?,22-,24+,25-,30+/m1/s1. The summed E-state index contributed by atoms with van der Waals surface area (Å²) in [6, 6.07) is -1.46. The molecule has 44 heavy (non-hydrogen) atoms. The van der Waals surface area contributed by atoms with Crippen molar-refractivity contribution in [1.82, 2.24) is 20.5 Å². The number of pyridine rings is 1. The number of likely N-dealkylation sites (tertiary alicyclic amines) is 1. The second kappa shape index (κ2) is 12.4. The van der Waals surface area contributed by atoms with E-state index in [1.54, 1.807) is 36.0 Å². The molecule has 0 aromatic carbocycles. The first-order valence-electron chi connectivity index (χ1n) is 14.3. The highest BCUT2D eigenvalue weighted by atomic mass is 32.1. The van der Waals surface area contributed by atoms with E-state index in [0.717, 1.165) is 21.2 Å². The highest BCUT2D eigenvalue weighted by Gasteiger charge is 2.78. The van der Waals surface area contributed by atoms with Crippen LogP contribution >= 0.6 is 11.3 Å². The van der Waals surface area contributed by atoms with Gasteiger partial charge in [0.25, 0.3) is 0 Å². The SMILES string of the molecule is CC#Cc1csc2cncc(CCCC(C#N)NC(=O)[C@H]3N(C(=O)[C@@H](NC(=O)C(F)(F)F)[C@@H](C)OC)C[C@@H]4C(C)(C)[C@@]43C)c12. The van der Waals surface area contributed by atoms with Crippen LogP contribution in [0.25, 0.3) is 10.1 Å². The number of nitriles is 1. The number of methoxy groups -OCH3 is 1. The molecular weight excluding hydrogens is 595 g/mol. The summed E-state index contributed by atoms with van der Waals surface area (Å²) in [5, 5.41) is 17.5. The molecule has 1 aliphatic carbocycles. The number of nitrogens with one attached hydrogen (secondary N) is 2. The van der Waals surface area contributed by atoms with Gasteiger partial charge in [0.2, 0.25) is 11.8 Å². The molecule has 4 rings (SSSR count). The zero-order valence-corrected chi connectivity index (χ0v) is 26.3. The molecule has 13 heteroatoms. The van der Waals surface area contributed by atoms with E-state index >= 15 is 0 Å². The Balaban J connectivity index is 1.50. The second-order valence-electron chi connectivity index (χ2n) is 12.1. The van der Waals surface area contributed by atoms with Crippen LogP contribution in [0.3, 0.4) is 0 Å². The van der Waals surface area contributed by atoms with E-state index in [1.165, 1.54) is 18.9 Å². The molecule has 2 aromatic rings. The maximum Gasteiger partial charge on any atom is 0.471 e. The summed E-state index contributed by atoms with van der Waals surface area (Å²) >= 11 is 1.56. The minimum atomic E-state index is -5.21. The van der Waals surface area contributed by atoms with Gasteiger partial charge in [-0.2, -0.15) is 18.4 Å². The maximum atomic E-state index is 13.8. The number of halogens is 3. The van der Waals surface area contributed by atoms with Gasteiger partial charge in [-0.1, -0.05) is 26.7 Å². The van der Waals surface area contributed by atoms with Crippen molar-refractivity contribution >= 4 is 39.1 Å². The smallest absolute Gasteiger partial charge is 0.379 e. The molecule has 3 heterocycles. The number of fused-ring (bicyclic) bond motifs is 2. The summed E-state index contributed by atoms with van der Waals surface area (Å²) in [6.07, 6.45) is -1.26. The molecule has 6 atom stereocenters. The van der Waals surface area contributed by atoms with Crippen molar-refractivity contribution in [1.29, 1.82) is 5.26 Å². The van der Waals surface area contributed by atoms with Gasteiger partial charge < -0.3 is 20.3 Å². The Morgan fingerprint density at radius 1 is 1.25 bits per heavy atom. The van der Waals surface area contributed by atoms with Gasteiger partial charge in [-0.15, -0.1) is 17.3 Å². The minimum absolute atomic E-state index is 0.105. The van der Waals surface area contributed by atoms with E-state index in [-0.39, 0.29) is 17.9 Å². The van der Waals surface area contributed by atoms with Crippen molar-refractivity contribution in [2.45, 2.75) is 84.3 Å². The number of thiophene rings is 1. The lowest BCUT2D eigenvalue weighted by molar-refractivity contribution is -0.176. The summed E-state index contributed by atoms with van der Waals surface area (Å²) in [5.41, 5.74) is 0.893. The third-order valence-corrected chi connectivity index (χ3v) is 10.5. The Morgan fingerprint density at radius 3 is 2.57 bits per heavy atom. The first kappa shape index (κ1) is 33.2. The molecule has 0 spiro atoms. The zero-order valence-electron chi connectivity index (χ0n) is 25.5. The lowest BCUT2D eigenvalue weighted by atomic mass is 9.88. The lowest BCUT2D eigenvalue weighted by Crippen LogP contribution is -2.61. The van der Waals surface area contributed by atoms with Gasteiger partial charge in [0.15, 0.2) is 0 Å². The molecule has 236 valence electrons. The number of aromatic nitrogens is 1. The Morgan fingerprint density at radius 2 is 1.95 bits per heavy atom. The molecule has 3 amide bonds. The summed E-state index contributed by atoms with van der Waals surface area (Å²) in [6.45, 7) is 9.06. The average molecular weight is 632 g/mol. The van der Waals surface area contributed by atoms with Crippen molar-refractivity contribution in [2.24, 2.45) is 16.7 Å². The molecule has 2 N–H and O–H groups in total. The van der Waals surface area contributed by atoms with Gasteiger partial charge >= 0.3 is 12.1 Å².